The van der Waals surface area contributed by atoms with Gasteiger partial charge in [0.05, 0.1) is 12.7 Å². The molecule has 0 aliphatic heterocycles. The minimum absolute atomic E-state index is 0.472. The lowest BCUT2D eigenvalue weighted by atomic mass is 10.2. The minimum atomic E-state index is 0.472. The zero-order valence-electron chi connectivity index (χ0n) is 11.1. The van der Waals surface area contributed by atoms with E-state index in [2.05, 4.69) is 15.3 Å². The van der Waals surface area contributed by atoms with Gasteiger partial charge in [-0.15, -0.1) is 0 Å². The molecule has 5 nitrogen and oxygen atoms in total. The van der Waals surface area contributed by atoms with Crippen molar-refractivity contribution < 1.29 is 9.47 Å². The van der Waals surface area contributed by atoms with Crippen molar-refractivity contribution in [1.29, 1.82) is 0 Å². The van der Waals surface area contributed by atoms with Crippen molar-refractivity contribution in [3.8, 4) is 17.5 Å². The zero-order valence-corrected chi connectivity index (χ0v) is 11.1. The van der Waals surface area contributed by atoms with Crippen LogP contribution in [0.15, 0.2) is 36.7 Å². The van der Waals surface area contributed by atoms with Gasteiger partial charge in [0.2, 0.25) is 11.8 Å². The normalized spacial score (nSPS) is 10.2. The second kappa shape index (κ2) is 6.70. The Bertz CT molecular complexity index is 484. The van der Waals surface area contributed by atoms with Crippen LogP contribution in [0.25, 0.3) is 0 Å². The van der Waals surface area contributed by atoms with Gasteiger partial charge in [0.15, 0.2) is 0 Å². The van der Waals surface area contributed by atoms with Gasteiger partial charge in [0.1, 0.15) is 12.1 Å². The number of nitrogens with zero attached hydrogens (tertiary/aromatic N) is 2. The molecule has 0 amide bonds. The van der Waals surface area contributed by atoms with E-state index in [1.54, 1.807) is 6.07 Å². The van der Waals surface area contributed by atoms with Crippen molar-refractivity contribution in [3.63, 3.8) is 0 Å². The molecule has 0 saturated heterocycles. The number of nitrogens with one attached hydrogen (secondary N) is 1. The van der Waals surface area contributed by atoms with Gasteiger partial charge in [-0.1, -0.05) is 12.1 Å². The number of ether oxygens (including phenoxy) is 2. The molecule has 1 aromatic heterocycles. The Balaban J connectivity index is 2.11. The van der Waals surface area contributed by atoms with Crippen LogP contribution in [0.1, 0.15) is 12.5 Å². The second-order valence-electron chi connectivity index (χ2n) is 3.91. The summed E-state index contributed by atoms with van der Waals surface area (Å²) in [6.07, 6.45) is 1.43. The van der Waals surface area contributed by atoms with E-state index in [1.807, 2.05) is 38.2 Å². The topological polar surface area (TPSA) is 56.3 Å². The van der Waals surface area contributed by atoms with Gasteiger partial charge in [-0.2, -0.15) is 0 Å². The van der Waals surface area contributed by atoms with E-state index < -0.39 is 0 Å². The average molecular weight is 259 g/mol. The maximum atomic E-state index is 5.69. The third kappa shape index (κ3) is 3.93. The summed E-state index contributed by atoms with van der Waals surface area (Å²) in [7, 11) is 1.91. The van der Waals surface area contributed by atoms with Crippen molar-refractivity contribution in [2.45, 2.75) is 13.5 Å². The molecule has 0 aliphatic rings. The third-order valence-electron chi connectivity index (χ3n) is 2.41. The molecular weight excluding hydrogens is 242 g/mol. The molecule has 5 heteroatoms. The van der Waals surface area contributed by atoms with Crippen LogP contribution >= 0.6 is 0 Å². The van der Waals surface area contributed by atoms with E-state index in [9.17, 15) is 0 Å². The fraction of sp³-hybridized carbons (Fsp3) is 0.286. The van der Waals surface area contributed by atoms with Crippen molar-refractivity contribution in [1.82, 2.24) is 15.3 Å². The fourth-order valence-electron chi connectivity index (χ4n) is 1.65. The number of aromatic nitrogens is 2. The summed E-state index contributed by atoms with van der Waals surface area (Å²) >= 11 is 0. The first kappa shape index (κ1) is 13.3. The van der Waals surface area contributed by atoms with Crippen LogP contribution in [-0.4, -0.2) is 23.6 Å². The molecule has 0 bridgehead atoms. The molecule has 2 rings (SSSR count). The summed E-state index contributed by atoms with van der Waals surface area (Å²) in [6.45, 7) is 3.27. The summed E-state index contributed by atoms with van der Waals surface area (Å²) < 4.78 is 11.0. The van der Waals surface area contributed by atoms with Gasteiger partial charge in [0, 0.05) is 6.54 Å². The van der Waals surface area contributed by atoms with Crippen LogP contribution in [0, 0.1) is 0 Å². The molecule has 2 aromatic rings. The summed E-state index contributed by atoms with van der Waals surface area (Å²) in [5, 5.41) is 3.10. The van der Waals surface area contributed by atoms with Crippen molar-refractivity contribution in [3.05, 3.63) is 42.2 Å². The highest BCUT2D eigenvalue weighted by Crippen LogP contribution is 2.22. The summed E-state index contributed by atoms with van der Waals surface area (Å²) in [5.41, 5.74) is 1.15. The van der Waals surface area contributed by atoms with Crippen LogP contribution in [0.4, 0.5) is 0 Å². The number of benzene rings is 1. The second-order valence-corrected chi connectivity index (χ2v) is 3.91. The van der Waals surface area contributed by atoms with Gasteiger partial charge < -0.3 is 14.8 Å². The van der Waals surface area contributed by atoms with Crippen molar-refractivity contribution >= 4 is 0 Å². The van der Waals surface area contributed by atoms with E-state index in [0.717, 1.165) is 17.9 Å². The Kier molecular flexibility index (Phi) is 4.69. The van der Waals surface area contributed by atoms with E-state index in [4.69, 9.17) is 9.47 Å². The molecule has 1 aromatic carbocycles. The van der Waals surface area contributed by atoms with Crippen LogP contribution in [0.2, 0.25) is 0 Å². The van der Waals surface area contributed by atoms with E-state index >= 15 is 0 Å². The van der Waals surface area contributed by atoms with Crippen LogP contribution in [0.5, 0.6) is 17.5 Å². The van der Waals surface area contributed by atoms with Crippen molar-refractivity contribution in [2.24, 2.45) is 0 Å². The molecule has 1 heterocycles. The van der Waals surface area contributed by atoms with Crippen LogP contribution in [-0.2, 0) is 6.54 Å². The lowest BCUT2D eigenvalue weighted by Crippen LogP contribution is -2.04. The minimum Gasteiger partial charge on any atom is -0.478 e. The third-order valence-corrected chi connectivity index (χ3v) is 2.41. The Morgan fingerprint density at radius 3 is 2.79 bits per heavy atom. The molecule has 0 aliphatic carbocycles. The number of rotatable bonds is 6. The molecule has 0 atom stereocenters. The maximum absolute atomic E-state index is 5.69. The first-order chi connectivity index (χ1) is 9.31. The molecule has 1 N–H and O–H groups in total. The average Bonchev–Trinajstić information content (AvgIpc) is 2.40. The lowest BCUT2D eigenvalue weighted by molar-refractivity contribution is 0.322. The SMILES string of the molecule is CCOc1cc(Oc2cccc(CNC)c2)ncn1. The lowest BCUT2D eigenvalue weighted by Gasteiger charge is -2.07. The Morgan fingerprint density at radius 1 is 1.16 bits per heavy atom. The summed E-state index contributed by atoms with van der Waals surface area (Å²) in [4.78, 5) is 8.06. The predicted molar refractivity (Wildman–Crippen MR) is 72.5 cm³/mol. The Labute approximate surface area is 112 Å². The zero-order chi connectivity index (χ0) is 13.5. The quantitative estimate of drug-likeness (QED) is 0.863. The molecule has 0 saturated carbocycles. The first-order valence-corrected chi connectivity index (χ1v) is 6.18. The van der Waals surface area contributed by atoms with Gasteiger partial charge in [-0.25, -0.2) is 9.97 Å². The highest BCUT2D eigenvalue weighted by atomic mass is 16.5. The fourth-order valence-corrected chi connectivity index (χ4v) is 1.65. The van der Waals surface area contributed by atoms with E-state index in [-0.39, 0.29) is 0 Å². The highest BCUT2D eigenvalue weighted by Gasteiger charge is 2.03. The van der Waals surface area contributed by atoms with Gasteiger partial charge in [0.25, 0.3) is 0 Å². The predicted octanol–water partition coefficient (Wildman–Crippen LogP) is 2.39. The van der Waals surface area contributed by atoms with Crippen LogP contribution < -0.4 is 14.8 Å². The molecule has 0 spiro atoms. The van der Waals surface area contributed by atoms with Gasteiger partial charge >= 0.3 is 0 Å². The largest absolute Gasteiger partial charge is 0.478 e. The molecule has 0 fully saturated rings. The number of hydrogen-bond acceptors (Lipinski definition) is 5. The molecule has 0 unspecified atom stereocenters. The molecule has 0 radical (unpaired) electrons. The molecular formula is C14H17N3O2. The van der Waals surface area contributed by atoms with Crippen molar-refractivity contribution in [2.75, 3.05) is 13.7 Å². The smallest absolute Gasteiger partial charge is 0.226 e. The van der Waals surface area contributed by atoms with E-state index in [1.165, 1.54) is 6.33 Å². The monoisotopic (exact) mass is 259 g/mol. The summed E-state index contributed by atoms with van der Waals surface area (Å²) in [6, 6.07) is 9.52. The standard InChI is InChI=1S/C14H17N3O2/c1-3-18-13-8-14(17-10-16-13)19-12-6-4-5-11(7-12)9-15-2/h4-8,10,15H,3,9H2,1-2H3. The summed E-state index contributed by atoms with van der Waals surface area (Å²) in [5.74, 6) is 1.73. The van der Waals surface area contributed by atoms with Gasteiger partial charge in [-0.05, 0) is 31.7 Å². The van der Waals surface area contributed by atoms with Crippen LogP contribution in [0.3, 0.4) is 0 Å². The highest BCUT2D eigenvalue weighted by molar-refractivity contribution is 5.32. The Hall–Kier alpha value is -2.14. The first-order valence-electron chi connectivity index (χ1n) is 6.18. The van der Waals surface area contributed by atoms with Gasteiger partial charge in [-0.3, -0.25) is 0 Å². The molecule has 19 heavy (non-hydrogen) atoms. The maximum Gasteiger partial charge on any atom is 0.226 e. The molecule has 100 valence electrons. The van der Waals surface area contributed by atoms with E-state index in [0.29, 0.717) is 18.4 Å². The number of hydrogen-bond donors (Lipinski definition) is 1. The Morgan fingerprint density at radius 2 is 2.00 bits per heavy atom.